The lowest BCUT2D eigenvalue weighted by Crippen LogP contribution is -2.22. The first kappa shape index (κ1) is 13.8. The number of anilines is 1. The fourth-order valence-electron chi connectivity index (χ4n) is 2.32. The molecule has 1 saturated heterocycles. The van der Waals surface area contributed by atoms with Gasteiger partial charge in [-0.1, -0.05) is 0 Å². The van der Waals surface area contributed by atoms with Gasteiger partial charge in [-0.15, -0.1) is 0 Å². The van der Waals surface area contributed by atoms with Crippen molar-refractivity contribution < 1.29 is 14.3 Å². The van der Waals surface area contributed by atoms with E-state index in [4.69, 9.17) is 5.11 Å². The number of halogens is 1. The molecule has 0 unspecified atom stereocenters. The second kappa shape index (κ2) is 6.52. The van der Waals surface area contributed by atoms with Gasteiger partial charge < -0.3 is 15.3 Å². The fraction of sp³-hybridized carbons (Fsp3) is 0.500. The Morgan fingerprint density at radius 3 is 2.74 bits per heavy atom. The number of hydrogen-bond donors (Lipinski definition) is 2. The largest absolute Gasteiger partial charge is 0.478 e. The van der Waals surface area contributed by atoms with Crippen LogP contribution < -0.4 is 5.32 Å². The first-order chi connectivity index (χ1) is 9.16. The van der Waals surface area contributed by atoms with Gasteiger partial charge in [0.25, 0.3) is 0 Å². The molecule has 1 aliphatic rings. The molecule has 0 bridgehead atoms. The van der Waals surface area contributed by atoms with Crippen LogP contribution in [-0.2, 0) is 0 Å². The summed E-state index contributed by atoms with van der Waals surface area (Å²) in [6.07, 6.45) is 3.51. The SMILES string of the molecule is O=C(O)c1ccc(NCCCN2CCCC2)c(F)c1. The molecule has 0 aromatic heterocycles. The molecule has 0 saturated carbocycles. The molecule has 4 nitrogen and oxygen atoms in total. The van der Waals surface area contributed by atoms with Crippen LogP contribution in [0.25, 0.3) is 0 Å². The molecule has 1 aromatic rings. The lowest BCUT2D eigenvalue weighted by molar-refractivity contribution is 0.0696. The number of carboxylic acids is 1. The van der Waals surface area contributed by atoms with E-state index >= 15 is 0 Å². The van der Waals surface area contributed by atoms with Gasteiger partial charge in [0.2, 0.25) is 0 Å². The highest BCUT2D eigenvalue weighted by Crippen LogP contribution is 2.16. The maximum Gasteiger partial charge on any atom is 0.335 e. The quantitative estimate of drug-likeness (QED) is 0.776. The van der Waals surface area contributed by atoms with Gasteiger partial charge in [-0.25, -0.2) is 9.18 Å². The summed E-state index contributed by atoms with van der Waals surface area (Å²) in [4.78, 5) is 13.1. The van der Waals surface area contributed by atoms with E-state index < -0.39 is 11.8 Å². The Kier molecular flexibility index (Phi) is 4.74. The zero-order valence-corrected chi connectivity index (χ0v) is 10.9. The third kappa shape index (κ3) is 3.92. The first-order valence-corrected chi connectivity index (χ1v) is 6.66. The molecule has 1 heterocycles. The number of carboxylic acid groups (broad SMARTS) is 1. The van der Waals surface area contributed by atoms with Crippen LogP contribution in [0.15, 0.2) is 18.2 Å². The van der Waals surface area contributed by atoms with Gasteiger partial charge >= 0.3 is 5.97 Å². The predicted molar refractivity (Wildman–Crippen MR) is 72.1 cm³/mol. The number of likely N-dealkylation sites (tertiary alicyclic amines) is 1. The highest BCUT2D eigenvalue weighted by Gasteiger charge is 2.11. The Bertz CT molecular complexity index is 445. The van der Waals surface area contributed by atoms with E-state index in [1.165, 1.54) is 38.1 Å². The second-order valence-electron chi connectivity index (χ2n) is 4.83. The van der Waals surface area contributed by atoms with Crippen molar-refractivity contribution in [1.82, 2.24) is 4.90 Å². The van der Waals surface area contributed by atoms with Crippen LogP contribution >= 0.6 is 0 Å². The van der Waals surface area contributed by atoms with E-state index in [0.717, 1.165) is 19.0 Å². The van der Waals surface area contributed by atoms with Gasteiger partial charge in [0.1, 0.15) is 5.82 Å². The summed E-state index contributed by atoms with van der Waals surface area (Å²) in [5.41, 5.74) is 0.339. The van der Waals surface area contributed by atoms with Gasteiger partial charge in [-0.2, -0.15) is 0 Å². The summed E-state index contributed by atoms with van der Waals surface area (Å²) in [5, 5.41) is 11.8. The van der Waals surface area contributed by atoms with E-state index in [1.54, 1.807) is 0 Å². The van der Waals surface area contributed by atoms with Gasteiger partial charge in [-0.3, -0.25) is 0 Å². The summed E-state index contributed by atoms with van der Waals surface area (Å²) in [5.74, 6) is -1.62. The fourth-order valence-corrected chi connectivity index (χ4v) is 2.32. The second-order valence-corrected chi connectivity index (χ2v) is 4.83. The number of benzene rings is 1. The number of rotatable bonds is 6. The van der Waals surface area contributed by atoms with Crippen LogP contribution in [0.4, 0.5) is 10.1 Å². The molecule has 0 aliphatic carbocycles. The highest BCUT2D eigenvalue weighted by atomic mass is 19.1. The Morgan fingerprint density at radius 1 is 1.37 bits per heavy atom. The molecule has 1 aliphatic heterocycles. The lowest BCUT2D eigenvalue weighted by atomic mass is 10.2. The Balaban J connectivity index is 1.77. The van der Waals surface area contributed by atoms with E-state index in [2.05, 4.69) is 10.2 Å². The van der Waals surface area contributed by atoms with Crippen molar-refractivity contribution in [3.8, 4) is 0 Å². The van der Waals surface area contributed by atoms with E-state index in [9.17, 15) is 9.18 Å². The van der Waals surface area contributed by atoms with Crippen LogP contribution in [0.3, 0.4) is 0 Å². The summed E-state index contributed by atoms with van der Waals surface area (Å²) in [7, 11) is 0. The number of carbonyl (C=O) groups is 1. The van der Waals surface area contributed by atoms with Crippen molar-refractivity contribution in [3.05, 3.63) is 29.6 Å². The minimum absolute atomic E-state index is 0.0277. The number of hydrogen-bond acceptors (Lipinski definition) is 3. The normalized spacial score (nSPS) is 15.6. The smallest absolute Gasteiger partial charge is 0.335 e. The van der Waals surface area contributed by atoms with Gasteiger partial charge in [0.05, 0.1) is 11.3 Å². The van der Waals surface area contributed by atoms with Crippen molar-refractivity contribution in [3.63, 3.8) is 0 Å². The summed E-state index contributed by atoms with van der Waals surface area (Å²) < 4.78 is 13.6. The van der Waals surface area contributed by atoms with Crippen molar-refractivity contribution in [2.45, 2.75) is 19.3 Å². The predicted octanol–water partition coefficient (Wildman–Crippen LogP) is 2.42. The maximum absolute atomic E-state index is 13.6. The maximum atomic E-state index is 13.6. The van der Waals surface area contributed by atoms with Gasteiger partial charge in [0, 0.05) is 6.54 Å². The summed E-state index contributed by atoms with van der Waals surface area (Å²) in [6, 6.07) is 3.94. The number of nitrogens with zero attached hydrogens (tertiary/aromatic N) is 1. The minimum Gasteiger partial charge on any atom is -0.478 e. The molecule has 0 spiro atoms. The molecule has 19 heavy (non-hydrogen) atoms. The average molecular weight is 266 g/mol. The monoisotopic (exact) mass is 266 g/mol. The molecule has 5 heteroatoms. The van der Waals surface area contributed by atoms with Crippen LogP contribution in [0.2, 0.25) is 0 Å². The van der Waals surface area contributed by atoms with Gasteiger partial charge in [-0.05, 0) is 57.1 Å². The molecular formula is C14H19FN2O2. The van der Waals surface area contributed by atoms with Crippen molar-refractivity contribution in [1.29, 1.82) is 0 Å². The molecule has 1 fully saturated rings. The third-order valence-electron chi connectivity index (χ3n) is 3.38. The zero-order chi connectivity index (χ0) is 13.7. The summed E-state index contributed by atoms with van der Waals surface area (Å²) >= 11 is 0. The molecular weight excluding hydrogens is 247 g/mol. The molecule has 0 radical (unpaired) electrons. The van der Waals surface area contributed by atoms with Crippen molar-refractivity contribution >= 4 is 11.7 Å². The molecule has 2 rings (SSSR count). The average Bonchev–Trinajstić information content (AvgIpc) is 2.89. The standard InChI is InChI=1S/C14H19FN2O2/c15-12-10-11(14(18)19)4-5-13(12)16-6-3-9-17-7-1-2-8-17/h4-5,10,16H,1-3,6-9H2,(H,18,19). The first-order valence-electron chi connectivity index (χ1n) is 6.66. The molecule has 2 N–H and O–H groups in total. The molecule has 0 amide bonds. The van der Waals surface area contributed by atoms with E-state index in [1.807, 2.05) is 0 Å². The number of aromatic carboxylic acids is 1. The Labute approximate surface area is 112 Å². The van der Waals surface area contributed by atoms with Crippen LogP contribution in [-0.4, -0.2) is 42.2 Å². The Morgan fingerprint density at radius 2 is 2.11 bits per heavy atom. The van der Waals surface area contributed by atoms with E-state index in [-0.39, 0.29) is 5.56 Å². The highest BCUT2D eigenvalue weighted by molar-refractivity contribution is 5.88. The van der Waals surface area contributed by atoms with Crippen molar-refractivity contribution in [2.24, 2.45) is 0 Å². The van der Waals surface area contributed by atoms with Crippen molar-refractivity contribution in [2.75, 3.05) is 31.5 Å². The molecule has 104 valence electrons. The van der Waals surface area contributed by atoms with Crippen LogP contribution in [0, 0.1) is 5.82 Å². The zero-order valence-electron chi connectivity index (χ0n) is 10.9. The Hall–Kier alpha value is -1.62. The molecule has 1 aromatic carbocycles. The lowest BCUT2D eigenvalue weighted by Gasteiger charge is -2.14. The third-order valence-corrected chi connectivity index (χ3v) is 3.38. The van der Waals surface area contributed by atoms with Crippen LogP contribution in [0.5, 0.6) is 0 Å². The summed E-state index contributed by atoms with van der Waals surface area (Å²) in [6.45, 7) is 4.06. The minimum atomic E-state index is -1.11. The van der Waals surface area contributed by atoms with Gasteiger partial charge in [0.15, 0.2) is 0 Å². The topological polar surface area (TPSA) is 52.6 Å². The number of nitrogens with one attached hydrogen (secondary N) is 1. The molecule has 0 atom stereocenters. The van der Waals surface area contributed by atoms with Crippen LogP contribution in [0.1, 0.15) is 29.6 Å². The van der Waals surface area contributed by atoms with E-state index in [0.29, 0.717) is 12.2 Å².